The zero-order chi connectivity index (χ0) is 21.4. The van der Waals surface area contributed by atoms with Crippen LogP contribution in [0.25, 0.3) is 0 Å². The molecule has 166 valence electrons. The molecule has 0 bridgehead atoms. The van der Waals surface area contributed by atoms with Crippen molar-refractivity contribution >= 4 is 15.7 Å². The minimum Gasteiger partial charge on any atom is -0.348 e. The van der Waals surface area contributed by atoms with Crippen LogP contribution in [0, 0.1) is 0 Å². The summed E-state index contributed by atoms with van der Waals surface area (Å²) in [6.45, 7) is 1.99. The van der Waals surface area contributed by atoms with Gasteiger partial charge in [0.1, 0.15) is 0 Å². The number of carbonyl (C=O) groups excluding carboxylic acids is 1. The zero-order valence-electron chi connectivity index (χ0n) is 17.9. The lowest BCUT2D eigenvalue weighted by Crippen LogP contribution is -2.52. The van der Waals surface area contributed by atoms with E-state index in [-0.39, 0.29) is 35.5 Å². The van der Waals surface area contributed by atoms with Crippen molar-refractivity contribution in [3.8, 4) is 0 Å². The molecule has 5 rings (SSSR count). The molecule has 2 aliphatic heterocycles. The maximum absolute atomic E-state index is 13.7. The van der Waals surface area contributed by atoms with E-state index in [2.05, 4.69) is 39.9 Å². The summed E-state index contributed by atoms with van der Waals surface area (Å²) in [7, 11) is -3.03. The molecule has 1 saturated heterocycles. The molecule has 0 spiro atoms. The summed E-state index contributed by atoms with van der Waals surface area (Å²) in [5.41, 5.74) is 2.40. The Hall–Kier alpha value is -2.12. The van der Waals surface area contributed by atoms with Gasteiger partial charge < -0.3 is 9.47 Å². The van der Waals surface area contributed by atoms with Crippen molar-refractivity contribution in [1.82, 2.24) is 14.4 Å². The summed E-state index contributed by atoms with van der Waals surface area (Å²) in [5, 5.41) is 0. The highest BCUT2D eigenvalue weighted by atomic mass is 32.2. The number of benzene rings is 1. The highest BCUT2D eigenvalue weighted by Crippen LogP contribution is 2.34. The molecule has 1 saturated carbocycles. The van der Waals surface area contributed by atoms with Crippen LogP contribution >= 0.6 is 0 Å². The third-order valence-corrected chi connectivity index (χ3v) is 8.95. The lowest BCUT2D eigenvalue weighted by atomic mass is 9.99. The van der Waals surface area contributed by atoms with E-state index in [1.54, 1.807) is 0 Å². The molecule has 7 heteroatoms. The van der Waals surface area contributed by atoms with Gasteiger partial charge in [-0.3, -0.25) is 9.69 Å². The topological polar surface area (TPSA) is 62.6 Å². The van der Waals surface area contributed by atoms with E-state index in [9.17, 15) is 13.2 Å². The first-order valence-electron chi connectivity index (χ1n) is 11.5. The molecule has 2 fully saturated rings. The molecule has 0 radical (unpaired) electrons. The summed E-state index contributed by atoms with van der Waals surface area (Å²) < 4.78 is 26.6. The first-order valence-corrected chi connectivity index (χ1v) is 13.3. The number of carbonyl (C=O) groups is 1. The van der Waals surface area contributed by atoms with Gasteiger partial charge in [-0.25, -0.2) is 8.42 Å². The molecular weight excluding hydrogens is 410 g/mol. The Bertz CT molecular complexity index is 1030. The van der Waals surface area contributed by atoms with Crippen molar-refractivity contribution in [1.29, 1.82) is 0 Å². The van der Waals surface area contributed by atoms with E-state index < -0.39 is 9.84 Å². The largest absolute Gasteiger partial charge is 0.348 e. The predicted octanol–water partition coefficient (Wildman–Crippen LogP) is 2.85. The fraction of sp³-hybridized carbons (Fsp3) is 0.542. The van der Waals surface area contributed by atoms with E-state index in [0.29, 0.717) is 13.0 Å². The Morgan fingerprint density at radius 3 is 2.45 bits per heavy atom. The van der Waals surface area contributed by atoms with Gasteiger partial charge in [0, 0.05) is 37.1 Å². The number of rotatable bonds is 5. The second-order valence-electron chi connectivity index (χ2n) is 9.21. The van der Waals surface area contributed by atoms with Crippen molar-refractivity contribution in [2.75, 3.05) is 24.6 Å². The van der Waals surface area contributed by atoms with Gasteiger partial charge in [0.2, 0.25) is 5.91 Å². The Kier molecular flexibility index (Phi) is 5.65. The molecule has 2 atom stereocenters. The Morgan fingerprint density at radius 1 is 0.968 bits per heavy atom. The van der Waals surface area contributed by atoms with Crippen LogP contribution < -0.4 is 0 Å². The molecule has 2 aromatic rings. The van der Waals surface area contributed by atoms with Gasteiger partial charge in [-0.2, -0.15) is 0 Å². The maximum Gasteiger partial charge on any atom is 0.237 e. The third kappa shape index (κ3) is 4.17. The van der Waals surface area contributed by atoms with Gasteiger partial charge in [-0.1, -0.05) is 43.2 Å². The summed E-state index contributed by atoms with van der Waals surface area (Å²) in [4.78, 5) is 18.0. The number of aromatic nitrogens is 1. The van der Waals surface area contributed by atoms with Gasteiger partial charge in [0.25, 0.3) is 0 Å². The van der Waals surface area contributed by atoms with Crippen LogP contribution in [0.3, 0.4) is 0 Å². The Labute approximate surface area is 184 Å². The molecule has 1 aromatic carbocycles. The summed E-state index contributed by atoms with van der Waals surface area (Å²) in [6.07, 6.45) is 6.92. The SMILES string of the molecule is O=C(CN1CCn2cccc2C1c1ccccc1)N(C1CCCC1)C1CCS(=O)(=O)C1. The standard InChI is InChI=1S/C24H31N3O3S/c28-23(27(20-9-4-5-10-20)21-12-16-31(29,30)18-21)17-26-15-14-25-13-6-11-22(25)24(26)19-7-2-1-3-8-19/h1-3,6-8,11,13,20-21,24H,4-5,9-10,12,14-18H2. The van der Waals surface area contributed by atoms with E-state index in [1.807, 2.05) is 23.1 Å². The fourth-order valence-corrected chi connectivity index (χ4v) is 7.47. The highest BCUT2D eigenvalue weighted by molar-refractivity contribution is 7.91. The van der Waals surface area contributed by atoms with Gasteiger partial charge in [0.05, 0.1) is 24.1 Å². The quantitative estimate of drug-likeness (QED) is 0.716. The normalized spacial score (nSPS) is 26.1. The summed E-state index contributed by atoms with van der Waals surface area (Å²) in [6, 6.07) is 14.6. The van der Waals surface area contributed by atoms with Crippen LogP contribution in [0.5, 0.6) is 0 Å². The summed E-state index contributed by atoms with van der Waals surface area (Å²) >= 11 is 0. The number of fused-ring (bicyclic) bond motifs is 1. The number of nitrogens with zero attached hydrogens (tertiary/aromatic N) is 3. The van der Waals surface area contributed by atoms with Gasteiger partial charge in [-0.15, -0.1) is 0 Å². The molecule has 1 aromatic heterocycles. The number of hydrogen-bond donors (Lipinski definition) is 0. The molecule has 31 heavy (non-hydrogen) atoms. The van der Waals surface area contributed by atoms with Gasteiger partial charge >= 0.3 is 0 Å². The fourth-order valence-electron chi connectivity index (χ4n) is 5.76. The lowest BCUT2D eigenvalue weighted by Gasteiger charge is -2.40. The molecule has 6 nitrogen and oxygen atoms in total. The molecule has 3 heterocycles. The van der Waals surface area contributed by atoms with E-state index >= 15 is 0 Å². The van der Waals surface area contributed by atoms with Gasteiger partial charge in [-0.05, 0) is 37.0 Å². The number of sulfone groups is 1. The highest BCUT2D eigenvalue weighted by Gasteiger charge is 2.40. The molecule has 1 aliphatic carbocycles. The van der Waals surface area contributed by atoms with Crippen molar-refractivity contribution in [3.63, 3.8) is 0 Å². The average molecular weight is 442 g/mol. The second kappa shape index (κ2) is 8.43. The smallest absolute Gasteiger partial charge is 0.237 e. The molecule has 1 amide bonds. The van der Waals surface area contributed by atoms with E-state index in [1.165, 1.54) is 11.3 Å². The first kappa shape index (κ1) is 20.8. The van der Waals surface area contributed by atoms with E-state index in [0.717, 1.165) is 38.8 Å². The number of amides is 1. The van der Waals surface area contributed by atoms with Crippen LogP contribution in [0.4, 0.5) is 0 Å². The van der Waals surface area contributed by atoms with Gasteiger partial charge in [0.15, 0.2) is 9.84 Å². The van der Waals surface area contributed by atoms with Crippen LogP contribution in [-0.4, -0.2) is 65.4 Å². The zero-order valence-corrected chi connectivity index (χ0v) is 18.7. The Morgan fingerprint density at radius 2 is 1.74 bits per heavy atom. The summed E-state index contributed by atoms with van der Waals surface area (Å²) in [5.74, 6) is 0.424. The van der Waals surface area contributed by atoms with Crippen LogP contribution in [0.2, 0.25) is 0 Å². The minimum atomic E-state index is -3.03. The van der Waals surface area contributed by atoms with E-state index in [4.69, 9.17) is 0 Å². The average Bonchev–Trinajstić information content (AvgIpc) is 3.50. The first-order chi connectivity index (χ1) is 15.0. The minimum absolute atomic E-state index is 0.0339. The van der Waals surface area contributed by atoms with Crippen molar-refractivity contribution in [3.05, 3.63) is 59.9 Å². The van der Waals surface area contributed by atoms with Crippen molar-refractivity contribution in [2.45, 2.75) is 56.8 Å². The third-order valence-electron chi connectivity index (χ3n) is 7.20. The molecule has 2 unspecified atom stereocenters. The van der Waals surface area contributed by atoms with Crippen molar-refractivity contribution in [2.24, 2.45) is 0 Å². The van der Waals surface area contributed by atoms with Crippen LogP contribution in [0.15, 0.2) is 48.7 Å². The molecular formula is C24H31N3O3S. The number of hydrogen-bond acceptors (Lipinski definition) is 4. The predicted molar refractivity (Wildman–Crippen MR) is 120 cm³/mol. The molecule has 0 N–H and O–H groups in total. The monoisotopic (exact) mass is 441 g/mol. The maximum atomic E-state index is 13.7. The van der Waals surface area contributed by atoms with Crippen molar-refractivity contribution < 1.29 is 13.2 Å². The second-order valence-corrected chi connectivity index (χ2v) is 11.4. The Balaban J connectivity index is 1.41. The van der Waals surface area contributed by atoms with Crippen LogP contribution in [0.1, 0.15) is 49.4 Å². The lowest BCUT2D eigenvalue weighted by molar-refractivity contribution is -0.137. The molecule has 3 aliphatic rings. The van der Waals surface area contributed by atoms with Crippen LogP contribution in [-0.2, 0) is 21.2 Å².